The molecular formula is C24H20IN3O7. The number of esters is 1. The summed E-state index contributed by atoms with van der Waals surface area (Å²) in [7, 11) is 0. The van der Waals surface area contributed by atoms with Crippen molar-refractivity contribution < 1.29 is 28.7 Å². The third kappa shape index (κ3) is 7.78. The lowest BCUT2D eigenvalue weighted by Gasteiger charge is -2.11. The lowest BCUT2D eigenvalue weighted by Crippen LogP contribution is -2.24. The normalized spacial score (nSPS) is 10.6. The van der Waals surface area contributed by atoms with Gasteiger partial charge in [0.15, 0.2) is 18.1 Å². The molecule has 0 saturated carbocycles. The average Bonchev–Trinajstić information content (AvgIpc) is 2.85. The molecule has 0 aliphatic carbocycles. The summed E-state index contributed by atoms with van der Waals surface area (Å²) in [5, 5.41) is 14.7. The standard InChI is InChI=1S/C24H20IN3O7/c1-2-33-22-13-16(14-26-27-23(29)15-34-20-10-6-18(25)7-11-20)3-12-21(22)35-24(30)17-4-8-19(9-5-17)28(31)32/h3-14H,2,15H2,1H3,(H,27,29)/b26-14-. The van der Waals surface area contributed by atoms with Gasteiger partial charge in [-0.05, 0) is 89.7 Å². The van der Waals surface area contributed by atoms with Gasteiger partial charge in [-0.2, -0.15) is 5.10 Å². The van der Waals surface area contributed by atoms with Crippen molar-refractivity contribution >= 4 is 46.4 Å². The van der Waals surface area contributed by atoms with E-state index in [4.69, 9.17) is 14.2 Å². The fourth-order valence-corrected chi connectivity index (χ4v) is 3.09. The molecule has 1 N–H and O–H groups in total. The molecule has 180 valence electrons. The Hall–Kier alpha value is -4.00. The number of ether oxygens (including phenoxy) is 3. The van der Waals surface area contributed by atoms with E-state index in [1.807, 2.05) is 12.1 Å². The van der Waals surface area contributed by atoms with E-state index < -0.39 is 16.8 Å². The first-order valence-corrected chi connectivity index (χ1v) is 11.4. The Balaban J connectivity index is 1.59. The van der Waals surface area contributed by atoms with Crippen LogP contribution < -0.4 is 19.6 Å². The first-order chi connectivity index (χ1) is 16.9. The number of non-ortho nitro benzene ring substituents is 1. The Morgan fingerprint density at radius 3 is 2.40 bits per heavy atom. The van der Waals surface area contributed by atoms with Crippen LogP contribution in [-0.4, -0.2) is 36.2 Å². The highest BCUT2D eigenvalue weighted by Gasteiger charge is 2.15. The number of carbonyl (C=O) groups is 2. The van der Waals surface area contributed by atoms with Crippen molar-refractivity contribution in [3.05, 3.63) is 91.5 Å². The third-order valence-electron chi connectivity index (χ3n) is 4.37. The fraction of sp³-hybridized carbons (Fsp3) is 0.125. The van der Waals surface area contributed by atoms with Gasteiger partial charge in [-0.15, -0.1) is 0 Å². The Kier molecular flexibility index (Phi) is 9.12. The monoisotopic (exact) mass is 589 g/mol. The lowest BCUT2D eigenvalue weighted by molar-refractivity contribution is -0.384. The first kappa shape index (κ1) is 25.6. The number of nitrogens with zero attached hydrogens (tertiary/aromatic N) is 2. The second-order valence-electron chi connectivity index (χ2n) is 6.87. The Morgan fingerprint density at radius 1 is 1.03 bits per heavy atom. The SMILES string of the molecule is CCOc1cc(/C=N\NC(=O)COc2ccc(I)cc2)ccc1OC(=O)c1ccc([N+](=O)[O-])cc1. The smallest absolute Gasteiger partial charge is 0.343 e. The van der Waals surface area contributed by atoms with Crippen molar-refractivity contribution in [3.8, 4) is 17.2 Å². The van der Waals surface area contributed by atoms with Crippen molar-refractivity contribution in [2.75, 3.05) is 13.2 Å². The molecular weight excluding hydrogens is 569 g/mol. The Morgan fingerprint density at radius 2 is 1.74 bits per heavy atom. The summed E-state index contributed by atoms with van der Waals surface area (Å²) in [5.74, 6) is -0.0895. The van der Waals surface area contributed by atoms with Crippen molar-refractivity contribution in [1.82, 2.24) is 5.43 Å². The van der Waals surface area contributed by atoms with Gasteiger partial charge in [-0.1, -0.05) is 0 Å². The van der Waals surface area contributed by atoms with Crippen LogP contribution in [0.2, 0.25) is 0 Å². The number of hydrazone groups is 1. The van der Waals surface area contributed by atoms with E-state index in [0.29, 0.717) is 23.7 Å². The van der Waals surface area contributed by atoms with Crippen molar-refractivity contribution in [2.24, 2.45) is 5.10 Å². The van der Waals surface area contributed by atoms with Crippen LogP contribution in [0.25, 0.3) is 0 Å². The zero-order valence-electron chi connectivity index (χ0n) is 18.5. The highest BCUT2D eigenvalue weighted by molar-refractivity contribution is 14.1. The molecule has 3 aromatic rings. The lowest BCUT2D eigenvalue weighted by atomic mass is 10.2. The van der Waals surface area contributed by atoms with Crippen LogP contribution in [0.5, 0.6) is 17.2 Å². The van der Waals surface area contributed by atoms with Gasteiger partial charge in [0, 0.05) is 15.7 Å². The number of halogens is 1. The van der Waals surface area contributed by atoms with Crippen LogP contribution in [-0.2, 0) is 4.79 Å². The molecule has 3 aromatic carbocycles. The van der Waals surface area contributed by atoms with E-state index >= 15 is 0 Å². The first-order valence-electron chi connectivity index (χ1n) is 10.3. The van der Waals surface area contributed by atoms with Gasteiger partial charge in [-0.25, -0.2) is 10.2 Å². The molecule has 0 aromatic heterocycles. The van der Waals surface area contributed by atoms with E-state index in [-0.39, 0.29) is 23.6 Å². The molecule has 35 heavy (non-hydrogen) atoms. The van der Waals surface area contributed by atoms with E-state index in [9.17, 15) is 19.7 Å². The minimum Gasteiger partial charge on any atom is -0.490 e. The van der Waals surface area contributed by atoms with Crippen LogP contribution in [0.1, 0.15) is 22.8 Å². The molecule has 0 unspecified atom stereocenters. The van der Waals surface area contributed by atoms with Gasteiger partial charge in [0.1, 0.15) is 5.75 Å². The van der Waals surface area contributed by atoms with Crippen LogP contribution in [0.15, 0.2) is 71.8 Å². The predicted octanol–water partition coefficient (Wildman–Crippen LogP) is 4.35. The van der Waals surface area contributed by atoms with Crippen LogP contribution >= 0.6 is 22.6 Å². The van der Waals surface area contributed by atoms with Crippen molar-refractivity contribution in [3.63, 3.8) is 0 Å². The molecule has 0 atom stereocenters. The van der Waals surface area contributed by atoms with E-state index in [0.717, 1.165) is 3.57 Å². The van der Waals surface area contributed by atoms with Gasteiger partial charge in [0.05, 0.1) is 23.3 Å². The summed E-state index contributed by atoms with van der Waals surface area (Å²) in [6, 6.07) is 17.1. The van der Waals surface area contributed by atoms with Gasteiger partial charge in [0.25, 0.3) is 11.6 Å². The third-order valence-corrected chi connectivity index (χ3v) is 5.09. The molecule has 11 heteroatoms. The molecule has 0 spiro atoms. The zero-order chi connectivity index (χ0) is 25.2. The van der Waals surface area contributed by atoms with Crippen LogP contribution in [0, 0.1) is 13.7 Å². The van der Waals surface area contributed by atoms with Crippen molar-refractivity contribution in [2.45, 2.75) is 6.92 Å². The number of rotatable bonds is 10. The summed E-state index contributed by atoms with van der Waals surface area (Å²) in [6.07, 6.45) is 1.41. The minimum absolute atomic E-state index is 0.131. The van der Waals surface area contributed by atoms with E-state index in [2.05, 4.69) is 33.1 Å². The van der Waals surface area contributed by atoms with Gasteiger partial charge < -0.3 is 14.2 Å². The quantitative estimate of drug-likeness (QED) is 0.0930. The maximum atomic E-state index is 12.4. The van der Waals surface area contributed by atoms with Crippen LogP contribution in [0.3, 0.4) is 0 Å². The number of hydrogen-bond donors (Lipinski definition) is 1. The Bertz CT molecular complexity index is 1230. The van der Waals surface area contributed by atoms with E-state index in [1.54, 1.807) is 31.2 Å². The molecule has 0 bridgehead atoms. The summed E-state index contributed by atoms with van der Waals surface area (Å²) in [4.78, 5) is 34.6. The number of carbonyl (C=O) groups excluding carboxylic acids is 2. The van der Waals surface area contributed by atoms with Gasteiger partial charge >= 0.3 is 5.97 Å². The molecule has 0 aliphatic rings. The maximum Gasteiger partial charge on any atom is 0.343 e. The summed E-state index contributed by atoms with van der Waals surface area (Å²) >= 11 is 2.17. The molecule has 0 heterocycles. The molecule has 0 radical (unpaired) electrons. The summed E-state index contributed by atoms with van der Waals surface area (Å²) in [5.41, 5.74) is 2.98. The average molecular weight is 589 g/mol. The maximum absolute atomic E-state index is 12.4. The van der Waals surface area contributed by atoms with Gasteiger partial charge in [0.2, 0.25) is 0 Å². The number of nitrogens with one attached hydrogen (secondary N) is 1. The highest BCUT2D eigenvalue weighted by atomic mass is 127. The topological polar surface area (TPSA) is 129 Å². The molecule has 0 aliphatic heterocycles. The number of nitro groups is 1. The number of hydrogen-bond acceptors (Lipinski definition) is 8. The summed E-state index contributed by atoms with van der Waals surface area (Å²) < 4.78 is 17.4. The Labute approximate surface area is 214 Å². The molecule has 0 saturated heterocycles. The second kappa shape index (κ2) is 12.5. The predicted molar refractivity (Wildman–Crippen MR) is 136 cm³/mol. The molecule has 10 nitrogen and oxygen atoms in total. The largest absolute Gasteiger partial charge is 0.490 e. The zero-order valence-corrected chi connectivity index (χ0v) is 20.6. The minimum atomic E-state index is -0.692. The highest BCUT2D eigenvalue weighted by Crippen LogP contribution is 2.29. The molecule has 0 fully saturated rings. The second-order valence-corrected chi connectivity index (χ2v) is 8.11. The van der Waals surface area contributed by atoms with Gasteiger partial charge in [-0.3, -0.25) is 14.9 Å². The van der Waals surface area contributed by atoms with Crippen LogP contribution in [0.4, 0.5) is 5.69 Å². The number of nitro benzene ring substituents is 1. The molecule has 3 rings (SSSR count). The summed E-state index contributed by atoms with van der Waals surface area (Å²) in [6.45, 7) is 1.89. The number of benzene rings is 3. The van der Waals surface area contributed by atoms with E-state index in [1.165, 1.54) is 36.5 Å². The van der Waals surface area contributed by atoms with Crippen molar-refractivity contribution in [1.29, 1.82) is 0 Å². The molecule has 1 amide bonds. The number of amides is 1. The fourth-order valence-electron chi connectivity index (χ4n) is 2.73.